The standard InChI is InChI=1S/C17H24ClNO2/c1-11(19-9-14-2-3-15(18)21-14)16-5-12-4-13(6-16)8-17(20,7-12)10-16/h2-3,11-13,19-20H,4-10H2,1H3. The molecule has 4 fully saturated rings. The average Bonchev–Trinajstić information content (AvgIpc) is 2.79. The van der Waals surface area contributed by atoms with Crippen molar-refractivity contribution in [3.63, 3.8) is 0 Å². The van der Waals surface area contributed by atoms with Crippen molar-refractivity contribution >= 4 is 11.6 Å². The lowest BCUT2D eigenvalue weighted by Gasteiger charge is -2.62. The maximum atomic E-state index is 10.8. The van der Waals surface area contributed by atoms with E-state index in [-0.39, 0.29) is 11.0 Å². The normalized spacial score (nSPS) is 42.4. The van der Waals surface area contributed by atoms with E-state index in [0.717, 1.165) is 36.9 Å². The van der Waals surface area contributed by atoms with Gasteiger partial charge in [-0.25, -0.2) is 0 Å². The summed E-state index contributed by atoms with van der Waals surface area (Å²) in [5, 5.41) is 14.9. The first-order valence-corrected chi connectivity index (χ1v) is 8.54. The lowest BCUT2D eigenvalue weighted by Crippen LogP contribution is -2.61. The molecule has 1 aromatic heterocycles. The summed E-state index contributed by atoms with van der Waals surface area (Å²) >= 11 is 5.82. The third kappa shape index (κ3) is 2.43. The molecule has 4 heteroatoms. The zero-order valence-corrected chi connectivity index (χ0v) is 13.3. The third-order valence-electron chi connectivity index (χ3n) is 6.21. The van der Waals surface area contributed by atoms with Crippen LogP contribution in [0.5, 0.6) is 0 Å². The van der Waals surface area contributed by atoms with E-state index in [0.29, 0.717) is 17.8 Å². The van der Waals surface area contributed by atoms with Crippen molar-refractivity contribution in [1.29, 1.82) is 0 Å². The Labute approximate surface area is 131 Å². The van der Waals surface area contributed by atoms with Crippen LogP contribution in [0.15, 0.2) is 16.5 Å². The van der Waals surface area contributed by atoms with Crippen LogP contribution < -0.4 is 5.32 Å². The Balaban J connectivity index is 1.47. The highest BCUT2D eigenvalue weighted by molar-refractivity contribution is 6.28. The molecule has 4 bridgehead atoms. The highest BCUT2D eigenvalue weighted by atomic mass is 35.5. The van der Waals surface area contributed by atoms with E-state index in [1.165, 1.54) is 19.3 Å². The summed E-state index contributed by atoms with van der Waals surface area (Å²) in [7, 11) is 0. The zero-order chi connectivity index (χ0) is 14.7. The van der Waals surface area contributed by atoms with Crippen LogP contribution in [-0.4, -0.2) is 16.7 Å². The molecule has 0 aliphatic heterocycles. The van der Waals surface area contributed by atoms with E-state index >= 15 is 0 Å². The fourth-order valence-corrected chi connectivity index (χ4v) is 5.87. The topological polar surface area (TPSA) is 45.4 Å². The van der Waals surface area contributed by atoms with Crippen LogP contribution in [0, 0.1) is 17.3 Å². The molecule has 0 aromatic carbocycles. The molecule has 3 nitrogen and oxygen atoms in total. The summed E-state index contributed by atoms with van der Waals surface area (Å²) < 4.78 is 5.43. The molecular weight excluding hydrogens is 286 g/mol. The Morgan fingerprint density at radius 1 is 1.33 bits per heavy atom. The molecule has 0 saturated heterocycles. The Kier molecular flexibility index (Phi) is 3.18. The molecule has 2 N–H and O–H groups in total. The molecular formula is C17H24ClNO2. The molecule has 1 aromatic rings. The van der Waals surface area contributed by atoms with Crippen LogP contribution in [0.2, 0.25) is 5.22 Å². The van der Waals surface area contributed by atoms with Crippen LogP contribution in [-0.2, 0) is 6.54 Å². The van der Waals surface area contributed by atoms with Crippen molar-refractivity contribution in [2.24, 2.45) is 17.3 Å². The van der Waals surface area contributed by atoms with Gasteiger partial charge in [0.25, 0.3) is 0 Å². The molecule has 4 aliphatic rings. The van der Waals surface area contributed by atoms with Gasteiger partial charge in [0, 0.05) is 6.04 Å². The smallest absolute Gasteiger partial charge is 0.193 e. The Morgan fingerprint density at radius 3 is 2.62 bits per heavy atom. The van der Waals surface area contributed by atoms with Gasteiger partial charge in [-0.2, -0.15) is 0 Å². The molecule has 4 aliphatic carbocycles. The fourth-order valence-electron chi connectivity index (χ4n) is 5.71. The predicted molar refractivity (Wildman–Crippen MR) is 82.1 cm³/mol. The van der Waals surface area contributed by atoms with Gasteiger partial charge >= 0.3 is 0 Å². The van der Waals surface area contributed by atoms with Crippen LogP contribution in [0.4, 0.5) is 0 Å². The molecule has 21 heavy (non-hydrogen) atoms. The second kappa shape index (κ2) is 4.74. The minimum Gasteiger partial charge on any atom is -0.448 e. The Hall–Kier alpha value is -0.510. The first kappa shape index (κ1) is 14.1. The van der Waals surface area contributed by atoms with Crippen molar-refractivity contribution in [2.45, 2.75) is 63.6 Å². The average molecular weight is 310 g/mol. The molecule has 3 unspecified atom stereocenters. The third-order valence-corrected chi connectivity index (χ3v) is 6.41. The zero-order valence-electron chi connectivity index (χ0n) is 12.6. The van der Waals surface area contributed by atoms with Crippen molar-refractivity contribution in [3.8, 4) is 0 Å². The van der Waals surface area contributed by atoms with Crippen LogP contribution >= 0.6 is 11.6 Å². The number of aliphatic hydroxyl groups is 1. The SMILES string of the molecule is CC(NCc1ccc(Cl)o1)C12CC3CC(CC(O)(C3)C1)C2. The summed E-state index contributed by atoms with van der Waals surface area (Å²) in [5.74, 6) is 2.35. The lowest BCUT2D eigenvalue weighted by atomic mass is 9.46. The minimum atomic E-state index is -0.381. The van der Waals surface area contributed by atoms with Gasteiger partial charge in [0.2, 0.25) is 0 Å². The van der Waals surface area contributed by atoms with Crippen molar-refractivity contribution < 1.29 is 9.52 Å². The Bertz CT molecular complexity index is 527. The van der Waals surface area contributed by atoms with E-state index in [2.05, 4.69) is 12.2 Å². The van der Waals surface area contributed by atoms with Gasteiger partial charge in [-0.3, -0.25) is 0 Å². The van der Waals surface area contributed by atoms with Crippen LogP contribution in [0.1, 0.15) is 51.2 Å². The van der Waals surface area contributed by atoms with E-state index < -0.39 is 0 Å². The molecule has 3 atom stereocenters. The van der Waals surface area contributed by atoms with Gasteiger partial charge in [0.15, 0.2) is 5.22 Å². The van der Waals surface area contributed by atoms with Gasteiger partial charge in [-0.05, 0) is 86.4 Å². The summed E-state index contributed by atoms with van der Waals surface area (Å²) in [6.07, 6.45) is 6.93. The molecule has 4 saturated carbocycles. The van der Waals surface area contributed by atoms with Crippen molar-refractivity contribution in [3.05, 3.63) is 23.1 Å². The van der Waals surface area contributed by atoms with Crippen molar-refractivity contribution in [1.82, 2.24) is 5.32 Å². The highest BCUT2D eigenvalue weighted by Crippen LogP contribution is 2.62. The Morgan fingerprint density at radius 2 is 2.05 bits per heavy atom. The quantitative estimate of drug-likeness (QED) is 0.890. The number of rotatable bonds is 4. The van der Waals surface area contributed by atoms with E-state index in [4.69, 9.17) is 16.0 Å². The summed E-state index contributed by atoms with van der Waals surface area (Å²) in [5.41, 5.74) is -0.108. The fraction of sp³-hybridized carbons (Fsp3) is 0.765. The monoisotopic (exact) mass is 309 g/mol. The summed E-state index contributed by atoms with van der Waals surface area (Å²) in [6.45, 7) is 2.99. The van der Waals surface area contributed by atoms with E-state index in [1.54, 1.807) is 6.07 Å². The maximum absolute atomic E-state index is 10.8. The maximum Gasteiger partial charge on any atom is 0.193 e. The number of furan rings is 1. The number of nitrogens with one attached hydrogen (secondary N) is 1. The molecule has 0 spiro atoms. The highest BCUT2D eigenvalue weighted by Gasteiger charge is 2.58. The van der Waals surface area contributed by atoms with Gasteiger partial charge in [-0.15, -0.1) is 0 Å². The van der Waals surface area contributed by atoms with Gasteiger partial charge in [0.1, 0.15) is 5.76 Å². The van der Waals surface area contributed by atoms with Gasteiger partial charge in [0.05, 0.1) is 12.1 Å². The largest absolute Gasteiger partial charge is 0.448 e. The summed E-state index contributed by atoms with van der Waals surface area (Å²) in [6, 6.07) is 4.12. The second-order valence-corrected chi connectivity index (χ2v) is 8.23. The van der Waals surface area contributed by atoms with E-state index in [9.17, 15) is 5.11 Å². The minimum absolute atomic E-state index is 0.273. The summed E-state index contributed by atoms with van der Waals surface area (Å²) in [4.78, 5) is 0. The molecule has 1 heterocycles. The molecule has 0 amide bonds. The predicted octanol–water partition coefficient (Wildman–Crippen LogP) is 3.74. The van der Waals surface area contributed by atoms with Gasteiger partial charge < -0.3 is 14.8 Å². The van der Waals surface area contributed by atoms with Gasteiger partial charge in [-0.1, -0.05) is 0 Å². The van der Waals surface area contributed by atoms with Crippen LogP contribution in [0.25, 0.3) is 0 Å². The molecule has 0 radical (unpaired) electrons. The number of halogens is 1. The first-order valence-electron chi connectivity index (χ1n) is 8.16. The van der Waals surface area contributed by atoms with E-state index in [1.807, 2.05) is 6.07 Å². The number of hydrogen-bond donors (Lipinski definition) is 2. The number of hydrogen-bond acceptors (Lipinski definition) is 3. The lowest BCUT2D eigenvalue weighted by molar-refractivity contribution is -0.172. The second-order valence-electron chi connectivity index (χ2n) is 7.86. The first-order chi connectivity index (χ1) is 9.96. The van der Waals surface area contributed by atoms with Crippen LogP contribution in [0.3, 0.4) is 0 Å². The molecule has 5 rings (SSSR count). The molecule has 116 valence electrons. The van der Waals surface area contributed by atoms with Crippen molar-refractivity contribution in [2.75, 3.05) is 0 Å².